The molecule has 1 amide bonds. The van der Waals surface area contributed by atoms with Crippen molar-refractivity contribution >= 4 is 34.2 Å². The van der Waals surface area contributed by atoms with E-state index in [0.29, 0.717) is 60.2 Å². The summed E-state index contributed by atoms with van der Waals surface area (Å²) in [6.07, 6.45) is -0.641. The molecule has 2 aliphatic heterocycles. The number of amides is 1. The minimum Gasteiger partial charge on any atom is -0.444 e. The van der Waals surface area contributed by atoms with Gasteiger partial charge in [-0.2, -0.15) is 5.26 Å². The third kappa shape index (κ3) is 5.16. The molecule has 1 aromatic carbocycles. The molecule has 210 valence electrons. The van der Waals surface area contributed by atoms with Crippen molar-refractivity contribution in [2.45, 2.75) is 38.7 Å². The zero-order valence-electron chi connectivity index (χ0n) is 22.3. The van der Waals surface area contributed by atoms with Crippen molar-refractivity contribution in [3.8, 4) is 17.3 Å². The van der Waals surface area contributed by atoms with E-state index in [1.165, 1.54) is 15.7 Å². The average Bonchev–Trinajstić information content (AvgIpc) is 3.44. The quantitative estimate of drug-likeness (QED) is 0.521. The number of hydrogen-bond donors (Lipinski definition) is 2. The van der Waals surface area contributed by atoms with Gasteiger partial charge in [0, 0.05) is 57.7 Å². The van der Waals surface area contributed by atoms with Crippen LogP contribution in [0.25, 0.3) is 11.3 Å². The van der Waals surface area contributed by atoms with E-state index in [-0.39, 0.29) is 19.1 Å². The molecule has 2 N–H and O–H groups in total. The summed E-state index contributed by atoms with van der Waals surface area (Å²) >= 11 is 0. The predicted molar refractivity (Wildman–Crippen MR) is 146 cm³/mol. The molecule has 3 aliphatic rings. The molecule has 1 unspecified atom stereocenters. The highest BCUT2D eigenvalue weighted by Gasteiger charge is 2.59. The number of ether oxygens (including phenoxy) is 1. The summed E-state index contributed by atoms with van der Waals surface area (Å²) < 4.78 is 56.8. The summed E-state index contributed by atoms with van der Waals surface area (Å²) in [5.74, 6) is -3.20. The van der Waals surface area contributed by atoms with Crippen molar-refractivity contribution in [2.75, 3.05) is 53.3 Å². The standard InChI is InChI=1S/C26H32F2N6O4S/c1-25(2,3)38-24(35)33-11-9-32(10-12-33)23-18(15-29)5-7-20(30-23)17-6-8-21-22(13-17)31(4)39(36,37)34(21)16-19-14-26(19,27)28/h5-8,13,19,36-37H,9-12,14,16H2,1-4H3. The van der Waals surface area contributed by atoms with E-state index < -0.39 is 28.4 Å². The third-order valence-corrected chi connectivity index (χ3v) is 8.98. The number of carbonyl (C=O) groups excluding carboxylic acids is 1. The summed E-state index contributed by atoms with van der Waals surface area (Å²) in [4.78, 5) is 20.8. The lowest BCUT2D eigenvalue weighted by Gasteiger charge is -2.42. The summed E-state index contributed by atoms with van der Waals surface area (Å²) in [6.45, 7) is 7.08. The normalized spacial score (nSPS) is 22.3. The van der Waals surface area contributed by atoms with E-state index in [9.17, 15) is 27.9 Å². The first kappa shape index (κ1) is 27.2. The molecule has 1 saturated heterocycles. The molecule has 0 spiro atoms. The van der Waals surface area contributed by atoms with E-state index in [0.717, 1.165) is 0 Å². The summed E-state index contributed by atoms with van der Waals surface area (Å²) in [7, 11) is -1.95. The fourth-order valence-corrected chi connectivity index (χ4v) is 6.29. The Bertz CT molecular complexity index is 1340. The lowest BCUT2D eigenvalue weighted by Crippen LogP contribution is -2.50. The van der Waals surface area contributed by atoms with E-state index >= 15 is 0 Å². The highest BCUT2D eigenvalue weighted by atomic mass is 32.3. The third-order valence-electron chi connectivity index (χ3n) is 7.11. The Morgan fingerprint density at radius 2 is 1.85 bits per heavy atom. The second-order valence-electron chi connectivity index (χ2n) is 11.0. The molecule has 1 aromatic heterocycles. The van der Waals surface area contributed by atoms with E-state index in [1.54, 1.807) is 35.2 Å². The maximum absolute atomic E-state index is 13.6. The largest absolute Gasteiger partial charge is 0.444 e. The van der Waals surface area contributed by atoms with Crippen molar-refractivity contribution in [1.82, 2.24) is 9.88 Å². The van der Waals surface area contributed by atoms with Crippen molar-refractivity contribution in [3.63, 3.8) is 0 Å². The molecular weight excluding hydrogens is 530 g/mol. The van der Waals surface area contributed by atoms with Crippen LogP contribution < -0.4 is 13.5 Å². The number of carbonyl (C=O) groups is 1. The Morgan fingerprint density at radius 1 is 1.18 bits per heavy atom. The highest BCUT2D eigenvalue weighted by molar-refractivity contribution is 8.26. The molecular formula is C26H32F2N6O4S. The molecule has 5 rings (SSSR count). The number of fused-ring (bicyclic) bond motifs is 1. The number of piperazine rings is 1. The lowest BCUT2D eigenvalue weighted by molar-refractivity contribution is 0.0240. The first-order valence-electron chi connectivity index (χ1n) is 12.7. The Balaban J connectivity index is 1.38. The van der Waals surface area contributed by atoms with E-state index in [2.05, 4.69) is 6.07 Å². The molecule has 1 atom stereocenters. The van der Waals surface area contributed by atoms with Gasteiger partial charge in [0.15, 0.2) is 0 Å². The Kier molecular flexibility index (Phi) is 6.56. The van der Waals surface area contributed by atoms with Gasteiger partial charge in [0.25, 0.3) is 5.92 Å². The van der Waals surface area contributed by atoms with Crippen LogP contribution in [-0.4, -0.2) is 76.4 Å². The molecule has 2 aromatic rings. The van der Waals surface area contributed by atoms with Gasteiger partial charge < -0.3 is 14.5 Å². The fourth-order valence-electron chi connectivity index (χ4n) is 4.79. The van der Waals surface area contributed by atoms with Crippen LogP contribution in [0.2, 0.25) is 0 Å². The van der Waals surface area contributed by atoms with E-state index in [1.807, 2.05) is 25.7 Å². The van der Waals surface area contributed by atoms with Crippen LogP contribution in [0.3, 0.4) is 0 Å². The molecule has 3 heterocycles. The zero-order chi connectivity index (χ0) is 28.3. The number of nitrogens with zero attached hydrogens (tertiary/aromatic N) is 6. The fraction of sp³-hybridized carbons (Fsp3) is 0.500. The number of hydrogen-bond acceptors (Lipinski definition) is 9. The summed E-state index contributed by atoms with van der Waals surface area (Å²) in [5.41, 5.74) is 2.01. The molecule has 10 nitrogen and oxygen atoms in total. The monoisotopic (exact) mass is 562 g/mol. The minimum atomic E-state index is -3.47. The first-order valence-corrected chi connectivity index (χ1v) is 14.1. The molecule has 1 saturated carbocycles. The number of alkyl halides is 2. The zero-order valence-corrected chi connectivity index (χ0v) is 23.1. The van der Waals surface area contributed by atoms with Crippen molar-refractivity contribution in [2.24, 2.45) is 5.92 Å². The van der Waals surface area contributed by atoms with Gasteiger partial charge >= 0.3 is 6.09 Å². The lowest BCUT2D eigenvalue weighted by atomic mass is 10.1. The second-order valence-corrected chi connectivity index (χ2v) is 13.0. The number of pyridine rings is 1. The van der Waals surface area contributed by atoms with Crippen LogP contribution in [0.5, 0.6) is 0 Å². The first-order chi connectivity index (χ1) is 18.2. The molecule has 13 heteroatoms. The average molecular weight is 563 g/mol. The summed E-state index contributed by atoms with van der Waals surface area (Å²) in [5, 5.41) is 9.72. The molecule has 39 heavy (non-hydrogen) atoms. The van der Waals surface area contributed by atoms with Crippen LogP contribution in [-0.2, 0) is 4.74 Å². The number of halogens is 2. The Labute approximate surface area is 228 Å². The minimum absolute atomic E-state index is 0.152. The van der Waals surface area contributed by atoms with Gasteiger partial charge in [-0.3, -0.25) is 17.7 Å². The number of anilines is 3. The van der Waals surface area contributed by atoms with Crippen molar-refractivity contribution in [3.05, 3.63) is 35.9 Å². The predicted octanol–water partition coefficient (Wildman–Crippen LogP) is 5.17. The Morgan fingerprint density at radius 3 is 2.44 bits per heavy atom. The number of benzene rings is 1. The maximum Gasteiger partial charge on any atom is 0.410 e. The second kappa shape index (κ2) is 9.39. The van der Waals surface area contributed by atoms with Gasteiger partial charge in [0.05, 0.1) is 22.6 Å². The van der Waals surface area contributed by atoms with Gasteiger partial charge in [0.2, 0.25) is 0 Å². The topological polar surface area (TPSA) is 116 Å². The van der Waals surface area contributed by atoms with Crippen LogP contribution in [0.15, 0.2) is 30.3 Å². The highest BCUT2D eigenvalue weighted by Crippen LogP contribution is 2.63. The SMILES string of the molecule is CN1c2cc(-c3ccc(C#N)c(N4CCN(C(=O)OC(C)(C)C)CC4)n3)ccc2N(CC2CC2(F)F)S1(O)O. The number of aromatic nitrogens is 1. The van der Waals surface area contributed by atoms with Crippen molar-refractivity contribution < 1.29 is 27.4 Å². The van der Waals surface area contributed by atoms with Gasteiger partial charge in [-0.1, -0.05) is 6.07 Å². The smallest absolute Gasteiger partial charge is 0.410 e. The van der Waals surface area contributed by atoms with Crippen LogP contribution in [0.1, 0.15) is 32.8 Å². The number of rotatable bonds is 4. The van der Waals surface area contributed by atoms with Gasteiger partial charge in [-0.15, -0.1) is 0 Å². The van der Waals surface area contributed by atoms with Crippen LogP contribution >= 0.6 is 11.0 Å². The van der Waals surface area contributed by atoms with Gasteiger partial charge in [0.1, 0.15) is 17.5 Å². The summed E-state index contributed by atoms with van der Waals surface area (Å²) in [6, 6.07) is 10.8. The van der Waals surface area contributed by atoms with Crippen LogP contribution in [0.4, 0.5) is 30.8 Å². The molecule has 2 fully saturated rings. The van der Waals surface area contributed by atoms with Gasteiger partial charge in [-0.05, 0) is 56.0 Å². The maximum atomic E-state index is 13.6. The van der Waals surface area contributed by atoms with Crippen molar-refractivity contribution in [1.29, 1.82) is 5.26 Å². The van der Waals surface area contributed by atoms with Gasteiger partial charge in [-0.25, -0.2) is 18.6 Å². The molecule has 0 radical (unpaired) electrons. The van der Waals surface area contributed by atoms with E-state index in [4.69, 9.17) is 9.72 Å². The molecule has 1 aliphatic carbocycles. The Hall–Kier alpha value is -3.34. The number of nitriles is 1. The van der Waals surface area contributed by atoms with Crippen LogP contribution in [0, 0.1) is 17.2 Å². The molecule has 0 bridgehead atoms.